The van der Waals surface area contributed by atoms with Gasteiger partial charge in [-0.25, -0.2) is 4.98 Å². The first-order valence-corrected chi connectivity index (χ1v) is 8.76. The van der Waals surface area contributed by atoms with Gasteiger partial charge in [0, 0.05) is 30.1 Å². The second-order valence-corrected chi connectivity index (χ2v) is 7.59. The van der Waals surface area contributed by atoms with E-state index in [-0.39, 0.29) is 5.92 Å². The molecule has 118 valence electrons. The summed E-state index contributed by atoms with van der Waals surface area (Å²) >= 11 is 1.78. The van der Waals surface area contributed by atoms with E-state index in [4.69, 9.17) is 0 Å². The Morgan fingerprint density at radius 3 is 2.81 bits per heavy atom. The molecule has 5 heteroatoms. The Balaban J connectivity index is 1.78. The molecule has 0 spiro atoms. The number of aliphatic carboxylic acids is 1. The number of hydrogen-bond donors (Lipinski definition) is 2. The molecule has 21 heavy (non-hydrogen) atoms. The van der Waals surface area contributed by atoms with Gasteiger partial charge in [-0.3, -0.25) is 4.79 Å². The minimum Gasteiger partial charge on any atom is -0.481 e. The molecule has 2 N–H and O–H groups in total. The molecular weight excluding hydrogens is 284 g/mol. The smallest absolute Gasteiger partial charge is 0.307 e. The molecule has 1 aliphatic carbocycles. The second-order valence-electron chi connectivity index (χ2n) is 6.44. The van der Waals surface area contributed by atoms with Gasteiger partial charge in [0.05, 0.1) is 10.9 Å². The molecule has 2 rings (SSSR count). The van der Waals surface area contributed by atoms with Crippen LogP contribution in [0.1, 0.15) is 61.8 Å². The third-order valence-corrected chi connectivity index (χ3v) is 5.23. The average molecular weight is 310 g/mol. The summed E-state index contributed by atoms with van der Waals surface area (Å²) in [6, 6.07) is 0. The maximum absolute atomic E-state index is 11.2. The van der Waals surface area contributed by atoms with Crippen LogP contribution in [-0.4, -0.2) is 22.6 Å². The van der Waals surface area contributed by atoms with E-state index in [1.54, 1.807) is 11.3 Å². The van der Waals surface area contributed by atoms with Gasteiger partial charge in [0.1, 0.15) is 0 Å². The van der Waals surface area contributed by atoms with Crippen molar-refractivity contribution < 1.29 is 9.90 Å². The first kappa shape index (κ1) is 16.4. The predicted octanol–water partition coefficient (Wildman–Crippen LogP) is 3.64. The van der Waals surface area contributed by atoms with Crippen molar-refractivity contribution in [3.8, 4) is 0 Å². The van der Waals surface area contributed by atoms with Gasteiger partial charge in [-0.1, -0.05) is 26.7 Å². The molecule has 0 saturated heterocycles. The van der Waals surface area contributed by atoms with Gasteiger partial charge in [0.2, 0.25) is 0 Å². The van der Waals surface area contributed by atoms with Gasteiger partial charge in [-0.2, -0.15) is 0 Å². The van der Waals surface area contributed by atoms with E-state index in [9.17, 15) is 9.90 Å². The monoisotopic (exact) mass is 310 g/mol. The van der Waals surface area contributed by atoms with Crippen molar-refractivity contribution in [2.75, 3.05) is 6.54 Å². The number of rotatable bonds is 8. The standard InChI is InChI=1S/C16H26N2O2S/c1-11(2)7-13(16(19)20)8-17-9-14-10-18-15(21-14)12-5-3-4-6-12/h10-13,17H,3-9H2,1-2H3,(H,19,20). The molecule has 1 aromatic heterocycles. The molecule has 0 amide bonds. The van der Waals surface area contributed by atoms with Crippen LogP contribution in [0, 0.1) is 11.8 Å². The zero-order valence-electron chi connectivity index (χ0n) is 13.0. The number of thiazole rings is 1. The quantitative estimate of drug-likeness (QED) is 0.769. The van der Waals surface area contributed by atoms with E-state index in [0.717, 1.165) is 13.0 Å². The summed E-state index contributed by atoms with van der Waals surface area (Å²) in [7, 11) is 0. The van der Waals surface area contributed by atoms with Gasteiger partial charge < -0.3 is 10.4 Å². The van der Waals surface area contributed by atoms with Crippen LogP contribution in [0.3, 0.4) is 0 Å². The summed E-state index contributed by atoms with van der Waals surface area (Å²) in [6.07, 6.45) is 7.87. The Morgan fingerprint density at radius 2 is 2.19 bits per heavy atom. The van der Waals surface area contributed by atoms with E-state index >= 15 is 0 Å². The largest absolute Gasteiger partial charge is 0.481 e. The summed E-state index contributed by atoms with van der Waals surface area (Å²) < 4.78 is 0. The van der Waals surface area contributed by atoms with Gasteiger partial charge in [0.25, 0.3) is 0 Å². The van der Waals surface area contributed by atoms with Crippen LogP contribution in [0.5, 0.6) is 0 Å². The van der Waals surface area contributed by atoms with Crippen molar-refractivity contribution in [3.63, 3.8) is 0 Å². The maximum Gasteiger partial charge on any atom is 0.307 e. The molecule has 0 bridgehead atoms. The minimum absolute atomic E-state index is 0.299. The third-order valence-electron chi connectivity index (χ3n) is 4.07. The van der Waals surface area contributed by atoms with Crippen molar-refractivity contribution >= 4 is 17.3 Å². The molecule has 1 aliphatic rings. The lowest BCUT2D eigenvalue weighted by Crippen LogP contribution is -2.29. The van der Waals surface area contributed by atoms with Crippen LogP contribution in [0.25, 0.3) is 0 Å². The number of nitrogens with one attached hydrogen (secondary N) is 1. The minimum atomic E-state index is -0.702. The van der Waals surface area contributed by atoms with E-state index < -0.39 is 5.97 Å². The molecule has 0 aliphatic heterocycles. The van der Waals surface area contributed by atoms with Gasteiger partial charge >= 0.3 is 5.97 Å². The fourth-order valence-corrected chi connectivity index (χ4v) is 4.03. The molecule has 1 unspecified atom stereocenters. The summed E-state index contributed by atoms with van der Waals surface area (Å²) in [5.74, 6) is 0.0705. The zero-order valence-corrected chi connectivity index (χ0v) is 13.8. The topological polar surface area (TPSA) is 62.2 Å². The summed E-state index contributed by atoms with van der Waals surface area (Å²) in [5, 5.41) is 13.8. The lowest BCUT2D eigenvalue weighted by molar-refractivity contribution is -0.142. The Kier molecular flexibility index (Phi) is 6.18. The Hall–Kier alpha value is -0.940. The highest BCUT2D eigenvalue weighted by Crippen LogP contribution is 2.35. The van der Waals surface area contributed by atoms with Crippen molar-refractivity contribution in [2.45, 2.75) is 58.4 Å². The van der Waals surface area contributed by atoms with Crippen molar-refractivity contribution in [2.24, 2.45) is 11.8 Å². The second kappa shape index (κ2) is 7.90. The van der Waals surface area contributed by atoms with Gasteiger partial charge in [-0.15, -0.1) is 11.3 Å². The van der Waals surface area contributed by atoms with Crippen molar-refractivity contribution in [1.29, 1.82) is 0 Å². The number of carboxylic acid groups (broad SMARTS) is 1. The highest BCUT2D eigenvalue weighted by atomic mass is 32.1. The van der Waals surface area contributed by atoms with E-state index in [1.807, 2.05) is 6.20 Å². The fraction of sp³-hybridized carbons (Fsp3) is 0.750. The first-order chi connectivity index (χ1) is 10.1. The number of aromatic nitrogens is 1. The van der Waals surface area contributed by atoms with Gasteiger partial charge in [0.15, 0.2) is 0 Å². The first-order valence-electron chi connectivity index (χ1n) is 7.94. The maximum atomic E-state index is 11.2. The third kappa shape index (κ3) is 5.08. The molecule has 1 heterocycles. The van der Waals surface area contributed by atoms with Crippen molar-refractivity contribution in [3.05, 3.63) is 16.1 Å². The number of hydrogen-bond acceptors (Lipinski definition) is 4. The number of nitrogens with zero attached hydrogens (tertiary/aromatic N) is 1. The average Bonchev–Trinajstić information content (AvgIpc) is 3.07. The molecule has 4 nitrogen and oxygen atoms in total. The molecule has 0 radical (unpaired) electrons. The Labute approximate surface area is 131 Å². The summed E-state index contributed by atoms with van der Waals surface area (Å²) in [5.41, 5.74) is 0. The summed E-state index contributed by atoms with van der Waals surface area (Å²) in [4.78, 5) is 17.0. The Bertz CT molecular complexity index is 453. The fourth-order valence-electron chi connectivity index (χ4n) is 2.98. The number of carboxylic acids is 1. The van der Waals surface area contributed by atoms with Crippen molar-refractivity contribution in [1.82, 2.24) is 10.3 Å². The molecular formula is C16H26N2O2S. The van der Waals surface area contributed by atoms with Crippen LogP contribution < -0.4 is 5.32 Å². The molecule has 1 atom stereocenters. The van der Waals surface area contributed by atoms with Crippen LogP contribution in [0.15, 0.2) is 6.20 Å². The highest BCUT2D eigenvalue weighted by Gasteiger charge is 2.21. The van der Waals surface area contributed by atoms with Crippen LogP contribution in [-0.2, 0) is 11.3 Å². The molecule has 1 aromatic rings. The van der Waals surface area contributed by atoms with Crippen LogP contribution in [0.4, 0.5) is 0 Å². The van der Waals surface area contributed by atoms with Crippen LogP contribution >= 0.6 is 11.3 Å². The van der Waals surface area contributed by atoms with E-state index in [0.29, 0.717) is 18.4 Å². The lowest BCUT2D eigenvalue weighted by Gasteiger charge is -2.14. The highest BCUT2D eigenvalue weighted by molar-refractivity contribution is 7.11. The number of carbonyl (C=O) groups is 1. The zero-order chi connectivity index (χ0) is 15.2. The normalized spacial score (nSPS) is 17.5. The lowest BCUT2D eigenvalue weighted by atomic mass is 9.97. The van der Waals surface area contributed by atoms with E-state index in [2.05, 4.69) is 24.1 Å². The van der Waals surface area contributed by atoms with Gasteiger partial charge in [-0.05, 0) is 25.2 Å². The van der Waals surface area contributed by atoms with Crippen LogP contribution in [0.2, 0.25) is 0 Å². The predicted molar refractivity (Wildman–Crippen MR) is 85.6 cm³/mol. The Morgan fingerprint density at radius 1 is 1.48 bits per heavy atom. The molecule has 0 aromatic carbocycles. The molecule has 1 saturated carbocycles. The molecule has 1 fully saturated rings. The SMILES string of the molecule is CC(C)CC(CNCc1cnc(C2CCCC2)s1)C(=O)O. The summed E-state index contributed by atoms with van der Waals surface area (Å²) in [6.45, 7) is 5.39. The van der Waals surface area contributed by atoms with E-state index in [1.165, 1.54) is 35.6 Å².